The summed E-state index contributed by atoms with van der Waals surface area (Å²) in [6.07, 6.45) is 5.29. The Morgan fingerprint density at radius 1 is 0.938 bits per heavy atom. The Morgan fingerprint density at radius 2 is 1.38 bits per heavy atom. The van der Waals surface area contributed by atoms with Crippen LogP contribution in [0.15, 0.2) is 12.1 Å². The van der Waals surface area contributed by atoms with Crippen LogP contribution < -0.4 is 14.2 Å². The summed E-state index contributed by atoms with van der Waals surface area (Å²) in [4.78, 5) is 0. The molecule has 0 radical (unpaired) electrons. The minimum Gasteiger partial charge on any atom is -0.493 e. The molecular formula is C13H18O3. The highest BCUT2D eigenvalue weighted by atomic mass is 16.5. The molecule has 0 atom stereocenters. The normalized spacial score (nSPS) is 8.25. The van der Waals surface area contributed by atoms with Crippen LogP contribution in [0.2, 0.25) is 0 Å². The van der Waals surface area contributed by atoms with Gasteiger partial charge in [-0.05, 0) is 12.1 Å². The summed E-state index contributed by atoms with van der Waals surface area (Å²) >= 11 is 0. The standard InChI is InChI=1S/C11H12O3.C2H6/c1-5-8-6-9(12-2)11(14-4)10(7-8)13-3;1-2/h1,6-7H,2-4H3;1-2H3. The molecule has 0 unspecified atom stereocenters. The number of hydrogen-bond acceptors (Lipinski definition) is 3. The molecule has 0 aromatic heterocycles. The van der Waals surface area contributed by atoms with Gasteiger partial charge in [-0.1, -0.05) is 19.8 Å². The maximum Gasteiger partial charge on any atom is 0.203 e. The molecule has 16 heavy (non-hydrogen) atoms. The molecular weight excluding hydrogens is 204 g/mol. The molecule has 0 N–H and O–H groups in total. The molecule has 1 aromatic rings. The summed E-state index contributed by atoms with van der Waals surface area (Å²) in [6.45, 7) is 4.00. The zero-order valence-electron chi connectivity index (χ0n) is 10.5. The minimum atomic E-state index is 0.550. The van der Waals surface area contributed by atoms with Gasteiger partial charge in [-0.3, -0.25) is 0 Å². The Morgan fingerprint density at radius 3 is 1.62 bits per heavy atom. The van der Waals surface area contributed by atoms with Gasteiger partial charge in [0.2, 0.25) is 5.75 Å². The van der Waals surface area contributed by atoms with Crippen molar-refractivity contribution in [2.24, 2.45) is 0 Å². The number of hydrogen-bond donors (Lipinski definition) is 0. The summed E-state index contributed by atoms with van der Waals surface area (Å²) < 4.78 is 15.4. The molecule has 0 aliphatic carbocycles. The maximum absolute atomic E-state index is 5.29. The summed E-state index contributed by atoms with van der Waals surface area (Å²) in [5.41, 5.74) is 0.694. The molecule has 0 saturated carbocycles. The lowest BCUT2D eigenvalue weighted by Gasteiger charge is -2.12. The van der Waals surface area contributed by atoms with Crippen molar-refractivity contribution in [2.45, 2.75) is 13.8 Å². The van der Waals surface area contributed by atoms with E-state index in [1.165, 1.54) is 0 Å². The number of rotatable bonds is 3. The third-order valence-electron chi connectivity index (χ3n) is 1.83. The molecule has 0 saturated heterocycles. The van der Waals surface area contributed by atoms with Crippen molar-refractivity contribution in [1.82, 2.24) is 0 Å². The largest absolute Gasteiger partial charge is 0.493 e. The lowest BCUT2D eigenvalue weighted by atomic mass is 10.2. The first-order chi connectivity index (χ1) is 7.76. The van der Waals surface area contributed by atoms with Crippen molar-refractivity contribution in [1.29, 1.82) is 0 Å². The van der Waals surface area contributed by atoms with Crippen LogP contribution in [0, 0.1) is 12.3 Å². The van der Waals surface area contributed by atoms with Crippen molar-refractivity contribution in [3.63, 3.8) is 0 Å². The van der Waals surface area contributed by atoms with E-state index < -0.39 is 0 Å². The third-order valence-corrected chi connectivity index (χ3v) is 1.83. The first-order valence-corrected chi connectivity index (χ1v) is 5.03. The van der Waals surface area contributed by atoms with Crippen LogP contribution in [-0.4, -0.2) is 21.3 Å². The molecule has 0 amide bonds. The molecule has 0 heterocycles. The van der Waals surface area contributed by atoms with E-state index in [2.05, 4.69) is 5.92 Å². The van der Waals surface area contributed by atoms with Gasteiger partial charge in [0, 0.05) is 5.56 Å². The van der Waals surface area contributed by atoms with E-state index in [0.717, 1.165) is 0 Å². The topological polar surface area (TPSA) is 27.7 Å². The Hall–Kier alpha value is -1.82. The molecule has 0 aliphatic rings. The number of ether oxygens (including phenoxy) is 3. The van der Waals surface area contributed by atoms with Crippen LogP contribution in [0.5, 0.6) is 17.2 Å². The van der Waals surface area contributed by atoms with E-state index in [0.29, 0.717) is 22.8 Å². The molecule has 88 valence electrons. The molecule has 1 aromatic carbocycles. The van der Waals surface area contributed by atoms with Gasteiger partial charge >= 0.3 is 0 Å². The van der Waals surface area contributed by atoms with Gasteiger partial charge in [-0.15, -0.1) is 6.42 Å². The molecule has 0 spiro atoms. The van der Waals surface area contributed by atoms with Crippen molar-refractivity contribution < 1.29 is 14.2 Å². The second-order valence-corrected chi connectivity index (χ2v) is 2.56. The quantitative estimate of drug-likeness (QED) is 0.736. The number of benzene rings is 1. The minimum absolute atomic E-state index is 0.550. The molecule has 3 heteroatoms. The Balaban J connectivity index is 0.00000106. The van der Waals surface area contributed by atoms with Crippen LogP contribution in [0.1, 0.15) is 19.4 Å². The molecule has 1 rings (SSSR count). The van der Waals surface area contributed by atoms with Crippen LogP contribution >= 0.6 is 0 Å². The van der Waals surface area contributed by atoms with Crippen molar-refractivity contribution in [3.05, 3.63) is 17.7 Å². The number of methoxy groups -OCH3 is 3. The highest BCUT2D eigenvalue weighted by molar-refractivity contribution is 5.56. The van der Waals surface area contributed by atoms with Crippen LogP contribution in [0.3, 0.4) is 0 Å². The molecule has 0 fully saturated rings. The Kier molecular flexibility index (Phi) is 6.62. The maximum atomic E-state index is 5.29. The van der Waals surface area contributed by atoms with Gasteiger partial charge in [0.25, 0.3) is 0 Å². The fourth-order valence-corrected chi connectivity index (χ4v) is 1.16. The van der Waals surface area contributed by atoms with E-state index in [1.54, 1.807) is 33.5 Å². The van der Waals surface area contributed by atoms with Gasteiger partial charge in [-0.2, -0.15) is 0 Å². The van der Waals surface area contributed by atoms with Gasteiger partial charge in [0.05, 0.1) is 21.3 Å². The predicted octanol–water partition coefficient (Wildman–Crippen LogP) is 2.72. The lowest BCUT2D eigenvalue weighted by Crippen LogP contribution is -1.95. The van der Waals surface area contributed by atoms with Crippen LogP contribution in [0.4, 0.5) is 0 Å². The highest BCUT2D eigenvalue weighted by Gasteiger charge is 2.11. The summed E-state index contributed by atoms with van der Waals surface area (Å²) in [5, 5.41) is 0. The molecule has 0 aliphatic heterocycles. The van der Waals surface area contributed by atoms with E-state index in [1.807, 2.05) is 13.8 Å². The van der Waals surface area contributed by atoms with Gasteiger partial charge < -0.3 is 14.2 Å². The lowest BCUT2D eigenvalue weighted by molar-refractivity contribution is 0.324. The van der Waals surface area contributed by atoms with Gasteiger partial charge in [-0.25, -0.2) is 0 Å². The summed E-state index contributed by atoms with van der Waals surface area (Å²) in [7, 11) is 4.66. The van der Waals surface area contributed by atoms with Gasteiger partial charge in [0.1, 0.15) is 0 Å². The van der Waals surface area contributed by atoms with Crippen LogP contribution in [-0.2, 0) is 0 Å². The highest BCUT2D eigenvalue weighted by Crippen LogP contribution is 2.37. The second-order valence-electron chi connectivity index (χ2n) is 2.56. The zero-order valence-corrected chi connectivity index (χ0v) is 10.5. The smallest absolute Gasteiger partial charge is 0.203 e. The fraction of sp³-hybridized carbons (Fsp3) is 0.385. The van der Waals surface area contributed by atoms with E-state index >= 15 is 0 Å². The Labute approximate surface area is 97.3 Å². The predicted molar refractivity (Wildman–Crippen MR) is 65.4 cm³/mol. The van der Waals surface area contributed by atoms with Crippen molar-refractivity contribution in [3.8, 4) is 29.6 Å². The summed E-state index contributed by atoms with van der Waals surface area (Å²) in [5.74, 6) is 4.20. The average molecular weight is 222 g/mol. The van der Waals surface area contributed by atoms with E-state index in [4.69, 9.17) is 20.6 Å². The first-order valence-electron chi connectivity index (χ1n) is 5.03. The fourth-order valence-electron chi connectivity index (χ4n) is 1.16. The SMILES string of the molecule is C#Cc1cc(OC)c(OC)c(OC)c1.CC. The Bertz CT molecular complexity index is 339. The molecule has 0 bridgehead atoms. The third kappa shape index (κ3) is 3.09. The van der Waals surface area contributed by atoms with E-state index in [9.17, 15) is 0 Å². The van der Waals surface area contributed by atoms with Gasteiger partial charge in [0.15, 0.2) is 11.5 Å². The van der Waals surface area contributed by atoms with Crippen LogP contribution in [0.25, 0.3) is 0 Å². The average Bonchev–Trinajstić information content (AvgIpc) is 2.39. The first kappa shape index (κ1) is 14.2. The van der Waals surface area contributed by atoms with Crippen molar-refractivity contribution >= 4 is 0 Å². The van der Waals surface area contributed by atoms with Crippen molar-refractivity contribution in [2.75, 3.05) is 21.3 Å². The number of terminal acetylenes is 1. The zero-order chi connectivity index (χ0) is 12.6. The molecule has 3 nitrogen and oxygen atoms in total. The summed E-state index contributed by atoms with van der Waals surface area (Å²) in [6, 6.07) is 3.45. The monoisotopic (exact) mass is 222 g/mol. The van der Waals surface area contributed by atoms with E-state index in [-0.39, 0.29) is 0 Å². The second kappa shape index (κ2) is 7.47.